The minimum atomic E-state index is -0.264. The van der Waals surface area contributed by atoms with Gasteiger partial charge in [0.2, 0.25) is 6.54 Å². The molecule has 1 heterocycles. The van der Waals surface area contributed by atoms with Crippen molar-refractivity contribution in [2.45, 2.75) is 12.5 Å². The van der Waals surface area contributed by atoms with Gasteiger partial charge in [-0.3, -0.25) is 10.1 Å². The molecule has 0 spiro atoms. The Bertz CT molecular complexity index is 352. The van der Waals surface area contributed by atoms with Crippen molar-refractivity contribution in [1.29, 1.82) is 0 Å². The molecule has 2 rings (SSSR count). The molecule has 0 bridgehead atoms. The summed E-state index contributed by atoms with van der Waals surface area (Å²) in [6.07, 6.45) is 0.963. The first-order valence-corrected chi connectivity index (χ1v) is 4.70. The lowest BCUT2D eigenvalue weighted by atomic mass is 9.94. The van der Waals surface area contributed by atoms with Crippen LogP contribution in [0.5, 0.6) is 0 Å². The fourth-order valence-electron chi connectivity index (χ4n) is 1.90. The molecule has 0 saturated carbocycles. The summed E-state index contributed by atoms with van der Waals surface area (Å²) in [7, 11) is 0. The number of hydrogen-bond donors (Lipinski definition) is 1. The van der Waals surface area contributed by atoms with Gasteiger partial charge >= 0.3 is 0 Å². The molecule has 1 aromatic carbocycles. The van der Waals surface area contributed by atoms with Crippen molar-refractivity contribution >= 4 is 0 Å². The first-order chi connectivity index (χ1) is 6.77. The van der Waals surface area contributed by atoms with Crippen molar-refractivity contribution in [3.8, 4) is 0 Å². The Kier molecular flexibility index (Phi) is 2.45. The molecule has 0 fully saturated rings. The highest BCUT2D eigenvalue weighted by molar-refractivity contribution is 5.32. The van der Waals surface area contributed by atoms with E-state index in [2.05, 4.69) is 5.32 Å². The van der Waals surface area contributed by atoms with Gasteiger partial charge in [0, 0.05) is 4.92 Å². The smallest absolute Gasteiger partial charge is 0.223 e. The molecular weight excluding hydrogens is 180 g/mol. The third-order valence-corrected chi connectivity index (χ3v) is 2.55. The van der Waals surface area contributed by atoms with E-state index in [9.17, 15) is 10.1 Å². The van der Waals surface area contributed by atoms with E-state index in [1.807, 2.05) is 24.3 Å². The minimum Gasteiger partial charge on any atom is -0.304 e. The SMILES string of the molecule is O=[N+]([O-])CC1NCCc2ccccc21. The minimum absolute atomic E-state index is 0.0307. The van der Waals surface area contributed by atoms with Crippen LogP contribution >= 0.6 is 0 Å². The van der Waals surface area contributed by atoms with Crippen molar-refractivity contribution < 1.29 is 4.92 Å². The van der Waals surface area contributed by atoms with Crippen LogP contribution in [0.1, 0.15) is 17.2 Å². The van der Waals surface area contributed by atoms with Gasteiger partial charge in [-0.2, -0.15) is 0 Å². The van der Waals surface area contributed by atoms with Crippen LogP contribution < -0.4 is 5.32 Å². The van der Waals surface area contributed by atoms with Gasteiger partial charge in [-0.1, -0.05) is 24.3 Å². The van der Waals surface area contributed by atoms with Crippen LogP contribution in [0.25, 0.3) is 0 Å². The molecular formula is C10H12N2O2. The van der Waals surface area contributed by atoms with Gasteiger partial charge < -0.3 is 5.32 Å². The third-order valence-electron chi connectivity index (χ3n) is 2.55. The van der Waals surface area contributed by atoms with Crippen molar-refractivity contribution in [1.82, 2.24) is 5.32 Å². The van der Waals surface area contributed by atoms with Crippen LogP contribution in [0.2, 0.25) is 0 Å². The van der Waals surface area contributed by atoms with Gasteiger partial charge in [0.1, 0.15) is 0 Å². The number of nitrogens with one attached hydrogen (secondary N) is 1. The lowest BCUT2D eigenvalue weighted by Gasteiger charge is -2.23. The van der Waals surface area contributed by atoms with E-state index in [1.54, 1.807) is 0 Å². The highest BCUT2D eigenvalue weighted by Gasteiger charge is 2.22. The highest BCUT2D eigenvalue weighted by atomic mass is 16.6. The zero-order valence-corrected chi connectivity index (χ0v) is 7.77. The maximum absolute atomic E-state index is 10.4. The maximum atomic E-state index is 10.4. The Morgan fingerprint density at radius 2 is 2.29 bits per heavy atom. The monoisotopic (exact) mass is 192 g/mol. The fraction of sp³-hybridized carbons (Fsp3) is 0.400. The molecule has 1 atom stereocenters. The molecule has 0 aromatic heterocycles. The second kappa shape index (κ2) is 3.75. The Morgan fingerprint density at radius 1 is 1.50 bits per heavy atom. The lowest BCUT2D eigenvalue weighted by molar-refractivity contribution is -0.484. The number of benzene rings is 1. The average molecular weight is 192 g/mol. The van der Waals surface area contributed by atoms with Gasteiger partial charge in [-0.15, -0.1) is 0 Å². The summed E-state index contributed by atoms with van der Waals surface area (Å²) in [4.78, 5) is 10.2. The molecule has 1 unspecified atom stereocenters. The third kappa shape index (κ3) is 1.75. The van der Waals surface area contributed by atoms with Gasteiger partial charge in [0.05, 0.1) is 6.04 Å². The summed E-state index contributed by atoms with van der Waals surface area (Å²) < 4.78 is 0. The van der Waals surface area contributed by atoms with Gasteiger partial charge in [-0.25, -0.2) is 0 Å². The zero-order chi connectivity index (χ0) is 9.97. The van der Waals surface area contributed by atoms with E-state index in [0.717, 1.165) is 18.5 Å². The van der Waals surface area contributed by atoms with Crippen LogP contribution in [-0.4, -0.2) is 18.0 Å². The number of fused-ring (bicyclic) bond motifs is 1. The van der Waals surface area contributed by atoms with E-state index >= 15 is 0 Å². The second-order valence-corrected chi connectivity index (χ2v) is 3.47. The average Bonchev–Trinajstić information content (AvgIpc) is 2.18. The summed E-state index contributed by atoms with van der Waals surface area (Å²) in [5.41, 5.74) is 2.31. The molecule has 1 aromatic rings. The Balaban J connectivity index is 2.26. The quantitative estimate of drug-likeness (QED) is 0.565. The van der Waals surface area contributed by atoms with Crippen molar-refractivity contribution in [2.75, 3.05) is 13.1 Å². The van der Waals surface area contributed by atoms with Crippen LogP contribution in [0, 0.1) is 10.1 Å². The number of nitrogens with zero attached hydrogens (tertiary/aromatic N) is 1. The summed E-state index contributed by atoms with van der Waals surface area (Å²) >= 11 is 0. The Morgan fingerprint density at radius 3 is 3.07 bits per heavy atom. The maximum Gasteiger partial charge on any atom is 0.223 e. The van der Waals surface area contributed by atoms with E-state index in [4.69, 9.17) is 0 Å². The standard InChI is InChI=1S/C10H12N2O2/c13-12(14)7-10-9-4-2-1-3-8(9)5-6-11-10/h1-4,10-11H,5-7H2. The van der Waals surface area contributed by atoms with Crippen LogP contribution in [0.15, 0.2) is 24.3 Å². The Labute approximate surface area is 82.1 Å². The van der Waals surface area contributed by atoms with Gasteiger partial charge in [-0.05, 0) is 24.1 Å². The Hall–Kier alpha value is -1.42. The predicted octanol–water partition coefficient (Wildman–Crippen LogP) is 1.15. The summed E-state index contributed by atoms with van der Waals surface area (Å²) in [6, 6.07) is 7.81. The lowest BCUT2D eigenvalue weighted by Crippen LogP contribution is -2.34. The molecule has 74 valence electrons. The van der Waals surface area contributed by atoms with Crippen LogP contribution in [0.4, 0.5) is 0 Å². The highest BCUT2D eigenvalue weighted by Crippen LogP contribution is 2.22. The van der Waals surface area contributed by atoms with E-state index in [-0.39, 0.29) is 17.5 Å². The zero-order valence-electron chi connectivity index (χ0n) is 7.77. The molecule has 0 aliphatic carbocycles. The summed E-state index contributed by atoms with van der Waals surface area (Å²) in [5, 5.41) is 13.6. The molecule has 14 heavy (non-hydrogen) atoms. The summed E-state index contributed by atoms with van der Waals surface area (Å²) in [6.45, 7) is 0.798. The summed E-state index contributed by atoms with van der Waals surface area (Å²) in [5.74, 6) is 0. The molecule has 1 aliphatic heterocycles. The molecule has 0 saturated heterocycles. The van der Waals surface area contributed by atoms with Gasteiger partial charge in [0.15, 0.2) is 0 Å². The normalized spacial score (nSPS) is 20.1. The molecule has 0 radical (unpaired) electrons. The molecule has 0 amide bonds. The van der Waals surface area contributed by atoms with Crippen molar-refractivity contribution in [3.63, 3.8) is 0 Å². The van der Waals surface area contributed by atoms with Crippen LogP contribution in [0.3, 0.4) is 0 Å². The largest absolute Gasteiger partial charge is 0.304 e. The second-order valence-electron chi connectivity index (χ2n) is 3.47. The number of rotatable bonds is 2. The van der Waals surface area contributed by atoms with Crippen molar-refractivity contribution in [2.24, 2.45) is 0 Å². The molecule has 4 nitrogen and oxygen atoms in total. The van der Waals surface area contributed by atoms with E-state index in [0.29, 0.717) is 0 Å². The molecule has 1 aliphatic rings. The first kappa shape index (κ1) is 9.15. The van der Waals surface area contributed by atoms with Gasteiger partial charge in [0.25, 0.3) is 0 Å². The molecule has 4 heteroatoms. The predicted molar refractivity (Wildman–Crippen MR) is 52.8 cm³/mol. The number of nitro groups is 1. The number of hydrogen-bond acceptors (Lipinski definition) is 3. The van der Waals surface area contributed by atoms with E-state index < -0.39 is 0 Å². The fourth-order valence-corrected chi connectivity index (χ4v) is 1.90. The van der Waals surface area contributed by atoms with E-state index in [1.165, 1.54) is 5.56 Å². The molecule has 1 N–H and O–H groups in total. The first-order valence-electron chi connectivity index (χ1n) is 4.70. The topological polar surface area (TPSA) is 55.2 Å². The van der Waals surface area contributed by atoms with Crippen molar-refractivity contribution in [3.05, 3.63) is 45.5 Å². The van der Waals surface area contributed by atoms with Crippen LogP contribution in [-0.2, 0) is 6.42 Å².